The second-order valence-electron chi connectivity index (χ2n) is 8.06. The van der Waals surface area contributed by atoms with E-state index in [4.69, 9.17) is 9.15 Å². The molecule has 0 radical (unpaired) electrons. The minimum atomic E-state index is -4.72. The van der Waals surface area contributed by atoms with Gasteiger partial charge in [-0.05, 0) is 48.3 Å². The quantitative estimate of drug-likeness (QED) is 0.555. The first-order valence-corrected chi connectivity index (χ1v) is 11.6. The number of nitrogens with zero attached hydrogens (tertiary/aromatic N) is 2. The van der Waals surface area contributed by atoms with Crippen molar-refractivity contribution in [3.8, 4) is 11.5 Å². The van der Waals surface area contributed by atoms with Gasteiger partial charge < -0.3 is 13.9 Å². The molecule has 1 aromatic heterocycles. The van der Waals surface area contributed by atoms with E-state index in [1.54, 1.807) is 18.0 Å². The Morgan fingerprint density at radius 3 is 2.59 bits per heavy atom. The molecule has 10 heteroatoms. The molecule has 1 saturated heterocycles. The van der Waals surface area contributed by atoms with E-state index >= 15 is 0 Å². The van der Waals surface area contributed by atoms with E-state index in [2.05, 4.69) is 15.3 Å². The summed E-state index contributed by atoms with van der Waals surface area (Å²) in [6.45, 7) is 3.90. The van der Waals surface area contributed by atoms with Crippen LogP contribution < -0.4 is 14.9 Å². The number of fused-ring (bicyclic) bond motifs is 1. The van der Waals surface area contributed by atoms with Gasteiger partial charge in [-0.25, -0.2) is 0 Å². The molecule has 0 aliphatic carbocycles. The summed E-state index contributed by atoms with van der Waals surface area (Å²) in [5, 5.41) is 0. The lowest BCUT2D eigenvalue weighted by atomic mass is 9.99. The molecule has 32 heavy (non-hydrogen) atoms. The summed E-state index contributed by atoms with van der Waals surface area (Å²) in [6.07, 6.45) is 0.786. The van der Waals surface area contributed by atoms with Crippen LogP contribution in [0.15, 0.2) is 39.7 Å². The van der Waals surface area contributed by atoms with Gasteiger partial charge in [-0.15, -0.1) is 13.2 Å². The molecular weight excluding hydrogens is 445 g/mol. The molecular formula is C22H25F3N2O4S. The first kappa shape index (κ1) is 23.0. The van der Waals surface area contributed by atoms with Gasteiger partial charge in [-0.1, -0.05) is 18.0 Å². The van der Waals surface area contributed by atoms with E-state index in [1.807, 2.05) is 4.90 Å². The zero-order valence-electron chi connectivity index (χ0n) is 17.7. The minimum Gasteiger partial charge on any atom is -0.486 e. The molecule has 0 N–H and O–H groups in total. The van der Waals surface area contributed by atoms with Crippen molar-refractivity contribution < 1.29 is 27.1 Å². The Morgan fingerprint density at radius 2 is 1.91 bits per heavy atom. The van der Waals surface area contributed by atoms with Gasteiger partial charge in [0.05, 0.1) is 13.2 Å². The fraction of sp³-hybridized carbons (Fsp3) is 0.500. The van der Waals surface area contributed by atoms with Gasteiger partial charge in [0.1, 0.15) is 17.8 Å². The Kier molecular flexibility index (Phi) is 7.02. The van der Waals surface area contributed by atoms with Crippen LogP contribution in [0.1, 0.15) is 29.7 Å². The number of ether oxygens (including phenoxy) is 2. The smallest absolute Gasteiger partial charge is 0.486 e. The SMILES string of the molecule is CSN1CCC(COc2coc(CN3Cc4ccc(OC(F)(F)F)cc4C3)cc2=O)CC1. The molecule has 3 heterocycles. The van der Waals surface area contributed by atoms with Crippen molar-refractivity contribution in [1.29, 1.82) is 0 Å². The highest BCUT2D eigenvalue weighted by Crippen LogP contribution is 2.30. The standard InChI is InChI=1S/C22H25F3N2O4S/c1-32-27-6-4-15(5-7-27)13-30-21-14-29-19(9-20(21)28)12-26-10-16-2-3-18(8-17(16)11-26)31-22(23,24)25/h2-3,8-9,14-15H,4-7,10-13H2,1H3. The summed E-state index contributed by atoms with van der Waals surface area (Å²) < 4.78 is 54.9. The molecule has 1 fully saturated rings. The summed E-state index contributed by atoms with van der Waals surface area (Å²) >= 11 is 1.75. The van der Waals surface area contributed by atoms with Crippen LogP contribution in [0.2, 0.25) is 0 Å². The maximum absolute atomic E-state index is 12.4. The van der Waals surface area contributed by atoms with Crippen LogP contribution in [0.4, 0.5) is 13.2 Å². The molecule has 0 saturated carbocycles. The monoisotopic (exact) mass is 470 g/mol. The minimum absolute atomic E-state index is 0.208. The topological polar surface area (TPSA) is 55.1 Å². The van der Waals surface area contributed by atoms with E-state index < -0.39 is 6.36 Å². The molecule has 0 unspecified atom stereocenters. The van der Waals surface area contributed by atoms with Crippen molar-refractivity contribution in [2.45, 2.75) is 38.8 Å². The molecule has 6 nitrogen and oxygen atoms in total. The number of halogens is 3. The highest BCUT2D eigenvalue weighted by Gasteiger charge is 2.32. The first-order valence-electron chi connectivity index (χ1n) is 10.4. The van der Waals surface area contributed by atoms with E-state index in [0.29, 0.717) is 37.9 Å². The third-order valence-electron chi connectivity index (χ3n) is 5.74. The Balaban J connectivity index is 1.30. The largest absolute Gasteiger partial charge is 0.573 e. The van der Waals surface area contributed by atoms with Crippen LogP contribution in [-0.4, -0.2) is 41.5 Å². The molecule has 2 aliphatic rings. The van der Waals surface area contributed by atoms with Crippen molar-refractivity contribution in [1.82, 2.24) is 9.21 Å². The average Bonchev–Trinajstić information content (AvgIpc) is 3.14. The number of benzene rings is 1. The second kappa shape index (κ2) is 9.76. The number of alkyl halides is 3. The molecule has 0 atom stereocenters. The van der Waals surface area contributed by atoms with Crippen molar-refractivity contribution in [2.24, 2.45) is 5.92 Å². The van der Waals surface area contributed by atoms with E-state index in [1.165, 1.54) is 24.5 Å². The average molecular weight is 471 g/mol. The summed E-state index contributed by atoms with van der Waals surface area (Å²) in [4.78, 5) is 14.4. The van der Waals surface area contributed by atoms with Crippen molar-refractivity contribution in [2.75, 3.05) is 26.0 Å². The number of hydrogen-bond acceptors (Lipinski definition) is 7. The van der Waals surface area contributed by atoms with Crippen molar-refractivity contribution in [3.63, 3.8) is 0 Å². The predicted molar refractivity (Wildman–Crippen MR) is 114 cm³/mol. The number of piperidine rings is 1. The summed E-state index contributed by atoms with van der Waals surface area (Å²) in [5.74, 6) is 0.881. The van der Waals surface area contributed by atoms with Crippen LogP contribution >= 0.6 is 11.9 Å². The van der Waals surface area contributed by atoms with Gasteiger partial charge >= 0.3 is 6.36 Å². The first-order chi connectivity index (χ1) is 15.3. The van der Waals surface area contributed by atoms with Crippen molar-refractivity contribution in [3.05, 3.63) is 57.6 Å². The van der Waals surface area contributed by atoms with Crippen LogP contribution in [-0.2, 0) is 19.6 Å². The summed E-state index contributed by atoms with van der Waals surface area (Å²) in [5.41, 5.74) is 1.46. The van der Waals surface area contributed by atoms with E-state index in [0.717, 1.165) is 37.1 Å². The molecule has 174 valence electrons. The number of hydrogen-bond donors (Lipinski definition) is 0. The Labute approximate surface area is 188 Å². The lowest BCUT2D eigenvalue weighted by molar-refractivity contribution is -0.274. The molecule has 2 aromatic rings. The Hall–Kier alpha value is -2.17. The van der Waals surface area contributed by atoms with Crippen molar-refractivity contribution >= 4 is 11.9 Å². The van der Waals surface area contributed by atoms with E-state index in [-0.39, 0.29) is 16.9 Å². The van der Waals surface area contributed by atoms with Crippen LogP contribution in [0.5, 0.6) is 11.5 Å². The highest BCUT2D eigenvalue weighted by molar-refractivity contribution is 7.96. The molecule has 0 amide bonds. The van der Waals surface area contributed by atoms with Crippen LogP contribution in [0.3, 0.4) is 0 Å². The van der Waals surface area contributed by atoms with Gasteiger partial charge in [0.2, 0.25) is 11.2 Å². The highest BCUT2D eigenvalue weighted by atomic mass is 32.2. The Bertz CT molecular complexity index is 990. The third-order valence-corrected chi connectivity index (χ3v) is 6.62. The lowest BCUT2D eigenvalue weighted by Gasteiger charge is -2.29. The second-order valence-corrected chi connectivity index (χ2v) is 8.95. The Morgan fingerprint density at radius 1 is 1.16 bits per heavy atom. The van der Waals surface area contributed by atoms with Gasteiger partial charge in [0, 0.05) is 32.2 Å². The lowest BCUT2D eigenvalue weighted by Crippen LogP contribution is -2.31. The van der Waals surface area contributed by atoms with Gasteiger partial charge in [-0.2, -0.15) is 0 Å². The van der Waals surface area contributed by atoms with Gasteiger partial charge in [-0.3, -0.25) is 14.0 Å². The fourth-order valence-corrected chi connectivity index (χ4v) is 4.64. The molecule has 4 rings (SSSR count). The summed E-state index contributed by atoms with van der Waals surface area (Å²) in [7, 11) is 0. The van der Waals surface area contributed by atoms with Gasteiger partial charge in [0.25, 0.3) is 0 Å². The maximum atomic E-state index is 12.4. The molecule has 0 spiro atoms. The molecule has 2 aliphatic heterocycles. The van der Waals surface area contributed by atoms with E-state index in [9.17, 15) is 18.0 Å². The normalized spacial score (nSPS) is 18.0. The summed E-state index contributed by atoms with van der Waals surface area (Å²) in [6, 6.07) is 5.77. The zero-order valence-corrected chi connectivity index (χ0v) is 18.5. The third kappa shape index (κ3) is 5.99. The molecule has 0 bridgehead atoms. The maximum Gasteiger partial charge on any atom is 0.573 e. The fourth-order valence-electron chi connectivity index (χ4n) is 4.06. The van der Waals surface area contributed by atoms with Crippen LogP contribution in [0, 0.1) is 5.92 Å². The predicted octanol–water partition coefficient (Wildman–Crippen LogP) is 4.42. The molecule has 1 aromatic carbocycles. The number of rotatable bonds is 7. The zero-order chi connectivity index (χ0) is 22.7. The van der Waals surface area contributed by atoms with Gasteiger partial charge in [0.15, 0.2) is 0 Å². The van der Waals surface area contributed by atoms with Crippen LogP contribution in [0.25, 0.3) is 0 Å².